The largest absolute Gasteiger partial charge is 0.295 e. The van der Waals surface area contributed by atoms with Gasteiger partial charge >= 0.3 is 0 Å². The Morgan fingerprint density at radius 1 is 1.64 bits per heavy atom. The van der Waals surface area contributed by atoms with Crippen LogP contribution < -0.4 is 0 Å². The molecule has 0 aliphatic carbocycles. The van der Waals surface area contributed by atoms with E-state index >= 15 is 0 Å². The fourth-order valence-corrected chi connectivity index (χ4v) is 1.59. The van der Waals surface area contributed by atoms with Crippen LogP contribution in [0.1, 0.15) is 27.2 Å². The minimum atomic E-state index is 0.138. The quantitative estimate of drug-likeness (QED) is 0.593. The second-order valence-corrected chi connectivity index (χ2v) is 4.23. The highest BCUT2D eigenvalue weighted by Crippen LogP contribution is 2.13. The van der Waals surface area contributed by atoms with E-state index in [-0.39, 0.29) is 5.78 Å². The third kappa shape index (κ3) is 7.66. The first-order chi connectivity index (χ1) is 5.16. The molecular formula is C9H16OS. The van der Waals surface area contributed by atoms with Crippen molar-refractivity contribution in [2.24, 2.45) is 0 Å². The van der Waals surface area contributed by atoms with Crippen molar-refractivity contribution in [3.8, 4) is 0 Å². The second-order valence-electron chi connectivity index (χ2n) is 2.51. The van der Waals surface area contributed by atoms with E-state index in [1.807, 2.05) is 17.8 Å². The summed E-state index contributed by atoms with van der Waals surface area (Å²) in [5.74, 6) is 1.29. The van der Waals surface area contributed by atoms with Crippen molar-refractivity contribution in [3.63, 3.8) is 0 Å². The summed E-state index contributed by atoms with van der Waals surface area (Å²) in [6.45, 7) is 5.91. The Labute approximate surface area is 73.3 Å². The van der Waals surface area contributed by atoms with Crippen molar-refractivity contribution >= 4 is 17.5 Å². The smallest absolute Gasteiger partial charge is 0.152 e. The minimum Gasteiger partial charge on any atom is -0.295 e. The zero-order valence-electron chi connectivity index (χ0n) is 7.46. The molecule has 0 amide bonds. The van der Waals surface area contributed by atoms with Gasteiger partial charge in [-0.05, 0) is 25.2 Å². The standard InChI is InChI=1S/C9H16OS/c1-4-11-9(3)7-5-6-8(2)10/h5-6,9H,4,7H2,1-3H3/b6-5+. The van der Waals surface area contributed by atoms with Gasteiger partial charge in [-0.3, -0.25) is 4.79 Å². The van der Waals surface area contributed by atoms with Crippen molar-refractivity contribution in [2.45, 2.75) is 32.4 Å². The van der Waals surface area contributed by atoms with E-state index in [4.69, 9.17) is 0 Å². The third-order valence-electron chi connectivity index (χ3n) is 1.27. The SMILES string of the molecule is CCSC(C)C/C=C/C(C)=O. The summed E-state index contributed by atoms with van der Waals surface area (Å²) in [4.78, 5) is 10.5. The molecule has 0 fully saturated rings. The Kier molecular flexibility index (Phi) is 6.33. The maximum atomic E-state index is 10.5. The molecule has 0 N–H and O–H groups in total. The van der Waals surface area contributed by atoms with Crippen LogP contribution >= 0.6 is 11.8 Å². The summed E-state index contributed by atoms with van der Waals surface area (Å²) in [5.41, 5.74) is 0. The molecule has 0 saturated carbocycles. The highest BCUT2D eigenvalue weighted by molar-refractivity contribution is 7.99. The summed E-state index contributed by atoms with van der Waals surface area (Å²) in [7, 11) is 0. The van der Waals surface area contributed by atoms with E-state index < -0.39 is 0 Å². The van der Waals surface area contributed by atoms with Crippen LogP contribution in [0.5, 0.6) is 0 Å². The van der Waals surface area contributed by atoms with Gasteiger partial charge in [0.05, 0.1) is 0 Å². The molecule has 0 aromatic heterocycles. The summed E-state index contributed by atoms with van der Waals surface area (Å²) >= 11 is 1.92. The summed E-state index contributed by atoms with van der Waals surface area (Å²) in [6, 6.07) is 0. The first-order valence-corrected chi connectivity index (χ1v) is 5.00. The third-order valence-corrected chi connectivity index (χ3v) is 2.37. The van der Waals surface area contributed by atoms with Crippen LogP contribution in [0, 0.1) is 0 Å². The predicted octanol–water partition coefficient (Wildman–Crippen LogP) is 2.66. The fourth-order valence-electron chi connectivity index (χ4n) is 0.778. The van der Waals surface area contributed by atoms with E-state index in [0.717, 1.165) is 12.2 Å². The van der Waals surface area contributed by atoms with E-state index in [2.05, 4.69) is 13.8 Å². The highest BCUT2D eigenvalue weighted by atomic mass is 32.2. The maximum absolute atomic E-state index is 10.5. The Morgan fingerprint density at radius 2 is 2.27 bits per heavy atom. The van der Waals surface area contributed by atoms with Crippen molar-refractivity contribution in [2.75, 3.05) is 5.75 Å². The zero-order valence-corrected chi connectivity index (χ0v) is 8.28. The Hall–Kier alpha value is -0.240. The monoisotopic (exact) mass is 172 g/mol. The Morgan fingerprint density at radius 3 is 2.73 bits per heavy atom. The van der Waals surface area contributed by atoms with Crippen LogP contribution in [0.2, 0.25) is 0 Å². The average molecular weight is 172 g/mol. The number of carbonyl (C=O) groups excluding carboxylic acids is 1. The minimum absolute atomic E-state index is 0.138. The molecule has 11 heavy (non-hydrogen) atoms. The molecule has 0 rings (SSSR count). The Bertz CT molecular complexity index is 140. The van der Waals surface area contributed by atoms with Crippen LogP contribution in [0.25, 0.3) is 0 Å². The summed E-state index contributed by atoms with van der Waals surface area (Å²) in [6.07, 6.45) is 4.60. The topological polar surface area (TPSA) is 17.1 Å². The maximum Gasteiger partial charge on any atom is 0.152 e. The number of allylic oxidation sites excluding steroid dienone is 2. The molecule has 0 aromatic carbocycles. The lowest BCUT2D eigenvalue weighted by molar-refractivity contribution is -0.112. The van der Waals surface area contributed by atoms with E-state index in [1.165, 1.54) is 0 Å². The molecular weight excluding hydrogens is 156 g/mol. The molecule has 0 heterocycles. The van der Waals surface area contributed by atoms with Gasteiger partial charge in [-0.2, -0.15) is 11.8 Å². The molecule has 0 aliphatic rings. The van der Waals surface area contributed by atoms with Gasteiger partial charge in [0.15, 0.2) is 5.78 Å². The van der Waals surface area contributed by atoms with E-state index in [9.17, 15) is 4.79 Å². The number of thioether (sulfide) groups is 1. The molecule has 2 heteroatoms. The molecule has 0 aromatic rings. The van der Waals surface area contributed by atoms with Gasteiger partial charge in [0.2, 0.25) is 0 Å². The van der Waals surface area contributed by atoms with E-state index in [0.29, 0.717) is 5.25 Å². The molecule has 0 saturated heterocycles. The first-order valence-electron chi connectivity index (χ1n) is 3.95. The molecule has 1 unspecified atom stereocenters. The van der Waals surface area contributed by atoms with Crippen molar-refractivity contribution in [3.05, 3.63) is 12.2 Å². The summed E-state index contributed by atoms with van der Waals surface area (Å²) < 4.78 is 0. The number of hydrogen-bond acceptors (Lipinski definition) is 2. The molecule has 0 bridgehead atoms. The molecule has 1 atom stereocenters. The highest BCUT2D eigenvalue weighted by Gasteiger charge is 1.96. The van der Waals surface area contributed by atoms with Crippen LogP contribution in [0.4, 0.5) is 0 Å². The molecule has 1 nitrogen and oxygen atoms in total. The lowest BCUT2D eigenvalue weighted by Crippen LogP contribution is -1.94. The van der Waals surface area contributed by atoms with Crippen molar-refractivity contribution in [1.82, 2.24) is 0 Å². The predicted molar refractivity (Wildman–Crippen MR) is 52.0 cm³/mol. The Balaban J connectivity index is 3.44. The van der Waals surface area contributed by atoms with E-state index in [1.54, 1.807) is 13.0 Å². The van der Waals surface area contributed by atoms with Gasteiger partial charge in [0.1, 0.15) is 0 Å². The molecule has 0 aliphatic heterocycles. The van der Waals surface area contributed by atoms with Gasteiger partial charge in [0, 0.05) is 5.25 Å². The van der Waals surface area contributed by atoms with Crippen LogP contribution in [0.15, 0.2) is 12.2 Å². The molecule has 0 radical (unpaired) electrons. The summed E-state index contributed by atoms with van der Waals surface area (Å²) in [5, 5.41) is 0.635. The number of rotatable bonds is 5. The number of hydrogen-bond donors (Lipinski definition) is 0. The number of ketones is 1. The second kappa shape index (κ2) is 6.47. The first kappa shape index (κ1) is 10.8. The van der Waals surface area contributed by atoms with Gasteiger partial charge in [-0.15, -0.1) is 0 Å². The molecule has 64 valence electrons. The van der Waals surface area contributed by atoms with Crippen molar-refractivity contribution < 1.29 is 4.79 Å². The lowest BCUT2D eigenvalue weighted by Gasteiger charge is -2.04. The van der Waals surface area contributed by atoms with Gasteiger partial charge in [-0.1, -0.05) is 19.9 Å². The van der Waals surface area contributed by atoms with Gasteiger partial charge < -0.3 is 0 Å². The number of carbonyl (C=O) groups is 1. The van der Waals surface area contributed by atoms with Crippen LogP contribution in [-0.2, 0) is 4.79 Å². The van der Waals surface area contributed by atoms with Crippen LogP contribution in [0.3, 0.4) is 0 Å². The average Bonchev–Trinajstić information content (AvgIpc) is 1.87. The lowest BCUT2D eigenvalue weighted by atomic mass is 10.3. The van der Waals surface area contributed by atoms with Crippen LogP contribution in [-0.4, -0.2) is 16.8 Å². The zero-order chi connectivity index (χ0) is 8.69. The molecule has 0 spiro atoms. The fraction of sp³-hybridized carbons (Fsp3) is 0.667. The van der Waals surface area contributed by atoms with Gasteiger partial charge in [0.25, 0.3) is 0 Å². The normalized spacial score (nSPS) is 13.7. The van der Waals surface area contributed by atoms with Crippen molar-refractivity contribution in [1.29, 1.82) is 0 Å². The van der Waals surface area contributed by atoms with Gasteiger partial charge in [-0.25, -0.2) is 0 Å².